The maximum absolute atomic E-state index is 11.9. The third kappa shape index (κ3) is 5.80. The number of carbonyl (C=O) groups excluding carboxylic acids is 1. The number of benzene rings is 3. The lowest BCUT2D eigenvalue weighted by Gasteiger charge is -2.10. The van der Waals surface area contributed by atoms with Gasteiger partial charge in [-0.25, -0.2) is 0 Å². The predicted molar refractivity (Wildman–Crippen MR) is 114 cm³/mol. The Kier molecular flexibility index (Phi) is 7.39. The van der Waals surface area contributed by atoms with Gasteiger partial charge in [0, 0.05) is 12.1 Å². The molecule has 0 unspecified atom stereocenters. The average Bonchev–Trinajstić information content (AvgIpc) is 2.76. The van der Waals surface area contributed by atoms with Gasteiger partial charge in [-0.05, 0) is 60.1 Å². The molecule has 0 radical (unpaired) electrons. The molecule has 3 rings (SSSR count). The van der Waals surface area contributed by atoms with Crippen molar-refractivity contribution in [3.05, 3.63) is 107 Å². The number of aryl methyl sites for hydroxylation is 4. The number of aliphatic hydroxyl groups excluding tert-OH is 1. The van der Waals surface area contributed by atoms with Crippen LogP contribution < -0.4 is 5.32 Å². The summed E-state index contributed by atoms with van der Waals surface area (Å²) >= 11 is 0. The van der Waals surface area contributed by atoms with Gasteiger partial charge < -0.3 is 10.4 Å². The summed E-state index contributed by atoms with van der Waals surface area (Å²) in [6.07, 6.45) is 4.03. The van der Waals surface area contributed by atoms with Crippen LogP contribution in [0.3, 0.4) is 0 Å². The fourth-order valence-electron chi connectivity index (χ4n) is 3.34. The molecule has 3 heteroatoms. The molecule has 0 fully saturated rings. The standard InChI is InChI=1S/C25H27NO2/c27-19-18-26-25(28)24-16-12-21(13-17-24)11-15-23-9-5-4-8-22(23)14-10-20-6-2-1-3-7-20/h1-9,12-13,16-17,27H,10-11,14-15,18-19H2,(H,26,28). The van der Waals surface area contributed by atoms with Crippen molar-refractivity contribution in [1.29, 1.82) is 0 Å². The van der Waals surface area contributed by atoms with Crippen molar-refractivity contribution in [3.63, 3.8) is 0 Å². The molecule has 144 valence electrons. The lowest BCUT2D eigenvalue weighted by molar-refractivity contribution is 0.0945. The van der Waals surface area contributed by atoms with Gasteiger partial charge in [0.2, 0.25) is 0 Å². The van der Waals surface area contributed by atoms with E-state index in [0.29, 0.717) is 5.56 Å². The number of aliphatic hydroxyl groups is 1. The number of hydrogen-bond donors (Lipinski definition) is 2. The zero-order valence-electron chi connectivity index (χ0n) is 16.1. The van der Waals surface area contributed by atoms with Gasteiger partial charge in [-0.1, -0.05) is 66.7 Å². The highest BCUT2D eigenvalue weighted by molar-refractivity contribution is 5.94. The van der Waals surface area contributed by atoms with Crippen molar-refractivity contribution < 1.29 is 9.90 Å². The van der Waals surface area contributed by atoms with Crippen LogP contribution in [-0.2, 0) is 25.7 Å². The molecule has 1 amide bonds. The summed E-state index contributed by atoms with van der Waals surface area (Å²) in [5, 5.41) is 11.5. The van der Waals surface area contributed by atoms with Crippen molar-refractivity contribution in [3.8, 4) is 0 Å². The van der Waals surface area contributed by atoms with Crippen LogP contribution in [0.2, 0.25) is 0 Å². The molecule has 0 heterocycles. The molecule has 3 aromatic rings. The minimum atomic E-state index is -0.146. The molecule has 3 aromatic carbocycles. The Morgan fingerprint density at radius 1 is 0.679 bits per heavy atom. The van der Waals surface area contributed by atoms with Crippen molar-refractivity contribution >= 4 is 5.91 Å². The Labute approximate surface area is 167 Å². The molecule has 0 atom stereocenters. The van der Waals surface area contributed by atoms with Gasteiger partial charge in [0.05, 0.1) is 6.61 Å². The van der Waals surface area contributed by atoms with Crippen molar-refractivity contribution in [2.24, 2.45) is 0 Å². The van der Waals surface area contributed by atoms with E-state index in [1.807, 2.05) is 24.3 Å². The zero-order valence-corrected chi connectivity index (χ0v) is 16.1. The van der Waals surface area contributed by atoms with Crippen LogP contribution in [0.25, 0.3) is 0 Å². The van der Waals surface area contributed by atoms with Gasteiger partial charge in [0.1, 0.15) is 0 Å². The summed E-state index contributed by atoms with van der Waals surface area (Å²) in [5.41, 5.74) is 6.01. The van der Waals surface area contributed by atoms with Gasteiger partial charge in [0.15, 0.2) is 0 Å². The molecule has 0 aromatic heterocycles. The number of carbonyl (C=O) groups is 1. The fraction of sp³-hybridized carbons (Fsp3) is 0.240. The molecule has 0 bridgehead atoms. The van der Waals surface area contributed by atoms with Crippen LogP contribution >= 0.6 is 0 Å². The highest BCUT2D eigenvalue weighted by Gasteiger charge is 2.06. The third-order valence-corrected chi connectivity index (χ3v) is 4.94. The molecule has 0 aliphatic carbocycles. The molecule has 0 saturated heterocycles. The molecule has 0 spiro atoms. The highest BCUT2D eigenvalue weighted by atomic mass is 16.3. The zero-order chi connectivity index (χ0) is 19.6. The predicted octanol–water partition coefficient (Wildman–Crippen LogP) is 3.98. The van der Waals surface area contributed by atoms with E-state index in [2.05, 4.69) is 59.9 Å². The Morgan fingerprint density at radius 2 is 1.21 bits per heavy atom. The lowest BCUT2D eigenvalue weighted by atomic mass is 9.95. The van der Waals surface area contributed by atoms with Gasteiger partial charge >= 0.3 is 0 Å². The van der Waals surface area contributed by atoms with Crippen molar-refractivity contribution in [2.75, 3.05) is 13.2 Å². The molecule has 0 aliphatic heterocycles. The molecule has 0 aliphatic rings. The van der Waals surface area contributed by atoms with Gasteiger partial charge in [-0.2, -0.15) is 0 Å². The van der Waals surface area contributed by atoms with Crippen LogP contribution in [-0.4, -0.2) is 24.2 Å². The lowest BCUT2D eigenvalue weighted by Crippen LogP contribution is -2.26. The van der Waals surface area contributed by atoms with E-state index < -0.39 is 0 Å². The maximum Gasteiger partial charge on any atom is 0.251 e. The minimum absolute atomic E-state index is 0.0481. The van der Waals surface area contributed by atoms with Crippen molar-refractivity contribution in [2.45, 2.75) is 25.7 Å². The summed E-state index contributed by atoms with van der Waals surface area (Å²) in [6, 6.07) is 27.0. The van der Waals surface area contributed by atoms with E-state index in [1.165, 1.54) is 22.3 Å². The van der Waals surface area contributed by atoms with E-state index in [1.54, 1.807) is 0 Å². The first-order valence-electron chi connectivity index (χ1n) is 9.85. The Bertz CT molecular complexity index is 873. The van der Waals surface area contributed by atoms with E-state index in [9.17, 15) is 4.79 Å². The Morgan fingerprint density at radius 3 is 1.79 bits per heavy atom. The first-order valence-corrected chi connectivity index (χ1v) is 9.85. The number of nitrogens with one attached hydrogen (secondary N) is 1. The third-order valence-electron chi connectivity index (χ3n) is 4.94. The SMILES string of the molecule is O=C(NCCO)c1ccc(CCc2ccccc2CCc2ccccc2)cc1. The second-order valence-electron chi connectivity index (χ2n) is 6.93. The summed E-state index contributed by atoms with van der Waals surface area (Å²) in [6.45, 7) is 0.230. The van der Waals surface area contributed by atoms with E-state index in [4.69, 9.17) is 5.11 Å². The number of rotatable bonds is 9. The summed E-state index contributed by atoms with van der Waals surface area (Å²) in [4.78, 5) is 11.9. The smallest absolute Gasteiger partial charge is 0.251 e. The van der Waals surface area contributed by atoms with Crippen LogP contribution in [0.15, 0.2) is 78.9 Å². The first-order chi connectivity index (χ1) is 13.8. The van der Waals surface area contributed by atoms with Gasteiger partial charge in [0.25, 0.3) is 5.91 Å². The van der Waals surface area contributed by atoms with E-state index in [0.717, 1.165) is 25.7 Å². The van der Waals surface area contributed by atoms with Crippen LogP contribution in [0.5, 0.6) is 0 Å². The van der Waals surface area contributed by atoms with E-state index in [-0.39, 0.29) is 19.1 Å². The minimum Gasteiger partial charge on any atom is -0.395 e. The van der Waals surface area contributed by atoms with Crippen LogP contribution in [0, 0.1) is 0 Å². The molecule has 28 heavy (non-hydrogen) atoms. The molecule has 2 N–H and O–H groups in total. The Balaban J connectivity index is 1.58. The normalized spacial score (nSPS) is 10.6. The number of hydrogen-bond acceptors (Lipinski definition) is 2. The fourth-order valence-corrected chi connectivity index (χ4v) is 3.34. The highest BCUT2D eigenvalue weighted by Crippen LogP contribution is 2.16. The molecular weight excluding hydrogens is 346 g/mol. The topological polar surface area (TPSA) is 49.3 Å². The second-order valence-corrected chi connectivity index (χ2v) is 6.93. The maximum atomic E-state index is 11.9. The first kappa shape index (κ1) is 19.8. The molecule has 3 nitrogen and oxygen atoms in total. The molecule has 0 saturated carbocycles. The molecular formula is C25H27NO2. The monoisotopic (exact) mass is 373 g/mol. The average molecular weight is 373 g/mol. The van der Waals surface area contributed by atoms with E-state index >= 15 is 0 Å². The summed E-state index contributed by atoms with van der Waals surface area (Å²) in [7, 11) is 0. The van der Waals surface area contributed by atoms with Crippen LogP contribution in [0.4, 0.5) is 0 Å². The Hall–Kier alpha value is -2.91. The summed E-state index contributed by atoms with van der Waals surface area (Å²) < 4.78 is 0. The quantitative estimate of drug-likeness (QED) is 0.596. The van der Waals surface area contributed by atoms with Crippen LogP contribution in [0.1, 0.15) is 32.6 Å². The largest absolute Gasteiger partial charge is 0.395 e. The van der Waals surface area contributed by atoms with Crippen molar-refractivity contribution in [1.82, 2.24) is 5.32 Å². The van der Waals surface area contributed by atoms with Gasteiger partial charge in [-0.15, -0.1) is 0 Å². The van der Waals surface area contributed by atoms with Gasteiger partial charge in [-0.3, -0.25) is 4.79 Å². The number of amides is 1. The second kappa shape index (κ2) is 10.4. The summed E-state index contributed by atoms with van der Waals surface area (Å²) in [5.74, 6) is -0.146.